The summed E-state index contributed by atoms with van der Waals surface area (Å²) >= 11 is 0. The lowest BCUT2D eigenvalue weighted by Gasteiger charge is -2.57. The second kappa shape index (κ2) is 8.10. The van der Waals surface area contributed by atoms with E-state index in [-0.39, 0.29) is 28.4 Å². The molecule has 0 spiro atoms. The van der Waals surface area contributed by atoms with E-state index in [2.05, 4.69) is 0 Å². The van der Waals surface area contributed by atoms with Crippen LogP contribution in [-0.2, 0) is 14.8 Å². The summed E-state index contributed by atoms with van der Waals surface area (Å²) in [7, 11) is -1.79. The van der Waals surface area contributed by atoms with Crippen molar-refractivity contribution in [2.45, 2.75) is 69.5 Å². The fraction of sp³-hybridized carbons (Fsp3) is 0.720. The maximum absolute atomic E-state index is 13.3. The van der Waals surface area contributed by atoms with E-state index in [4.69, 9.17) is 4.74 Å². The largest absolute Gasteiger partial charge is 0.373 e. The molecule has 0 radical (unpaired) electrons. The predicted molar refractivity (Wildman–Crippen MR) is 123 cm³/mol. The smallest absolute Gasteiger partial charge is 0.253 e. The number of carbonyl (C=O) groups excluding carboxylic acids is 1. The summed E-state index contributed by atoms with van der Waals surface area (Å²) in [6, 6.07) is 6.57. The van der Waals surface area contributed by atoms with Crippen LogP contribution in [0.4, 0.5) is 0 Å². The Morgan fingerprint density at radius 1 is 1.06 bits per heavy atom. The van der Waals surface area contributed by atoms with Crippen LogP contribution in [0.3, 0.4) is 0 Å². The summed E-state index contributed by atoms with van der Waals surface area (Å²) in [4.78, 5) is 15.4. The highest BCUT2D eigenvalue weighted by Gasteiger charge is 2.51. The van der Waals surface area contributed by atoms with Gasteiger partial charge in [-0.25, -0.2) is 8.42 Å². The SMILES string of the molecule is CC1CN(S(=O)(=O)c2cccc(C(=O)N(C)CC34CC5CC(CC(C5)C3)C4)c2)CC(C)O1. The molecule has 0 aromatic heterocycles. The van der Waals surface area contributed by atoms with Crippen LogP contribution in [0.2, 0.25) is 0 Å². The molecule has 2 atom stereocenters. The molecule has 1 heterocycles. The minimum Gasteiger partial charge on any atom is -0.373 e. The summed E-state index contributed by atoms with van der Waals surface area (Å²) in [6.45, 7) is 5.22. The molecule has 1 amide bonds. The van der Waals surface area contributed by atoms with E-state index in [9.17, 15) is 13.2 Å². The first-order valence-electron chi connectivity index (χ1n) is 12.1. The number of nitrogens with zero attached hydrogens (tertiary/aromatic N) is 2. The first-order valence-corrected chi connectivity index (χ1v) is 13.6. The monoisotopic (exact) mass is 460 g/mol. The van der Waals surface area contributed by atoms with Gasteiger partial charge in [-0.1, -0.05) is 6.07 Å². The van der Waals surface area contributed by atoms with Crippen molar-refractivity contribution in [2.75, 3.05) is 26.7 Å². The van der Waals surface area contributed by atoms with E-state index in [0.717, 1.165) is 24.3 Å². The second-order valence-electron chi connectivity index (χ2n) is 11.2. The molecular weight excluding hydrogens is 424 g/mol. The quantitative estimate of drug-likeness (QED) is 0.671. The Hall–Kier alpha value is -1.44. The summed E-state index contributed by atoms with van der Waals surface area (Å²) in [6.07, 6.45) is 7.60. The normalized spacial score (nSPS) is 36.9. The maximum atomic E-state index is 13.3. The van der Waals surface area contributed by atoms with Crippen molar-refractivity contribution in [1.29, 1.82) is 0 Å². The van der Waals surface area contributed by atoms with Gasteiger partial charge in [0.2, 0.25) is 10.0 Å². The van der Waals surface area contributed by atoms with Crippen molar-refractivity contribution in [3.8, 4) is 0 Å². The standard InChI is InChI=1S/C25H36N2O4S/c1-17-14-27(15-18(2)31-17)32(29,30)23-6-4-5-22(10-23)24(28)26(3)16-25-11-19-7-20(12-25)9-21(8-19)13-25/h4-6,10,17-21H,7-9,11-16H2,1-3H3. The summed E-state index contributed by atoms with van der Waals surface area (Å²) in [5.74, 6) is 2.45. The third-order valence-corrected chi connectivity index (χ3v) is 10.0. The Morgan fingerprint density at radius 3 is 2.19 bits per heavy atom. The molecule has 2 unspecified atom stereocenters. The summed E-state index contributed by atoms with van der Waals surface area (Å²) < 4.78 is 33.7. The van der Waals surface area contributed by atoms with Gasteiger partial charge in [-0.3, -0.25) is 4.79 Å². The van der Waals surface area contributed by atoms with E-state index < -0.39 is 10.0 Å². The first kappa shape index (κ1) is 22.4. The van der Waals surface area contributed by atoms with Gasteiger partial charge in [-0.2, -0.15) is 4.31 Å². The predicted octanol–water partition coefficient (Wildman–Crippen LogP) is 3.77. The van der Waals surface area contributed by atoms with Gasteiger partial charge in [0.05, 0.1) is 17.1 Å². The third-order valence-electron chi connectivity index (χ3n) is 8.19. The van der Waals surface area contributed by atoms with Gasteiger partial charge in [0.15, 0.2) is 0 Å². The molecule has 4 aliphatic carbocycles. The number of benzene rings is 1. The number of ether oxygens (including phenoxy) is 1. The van der Waals surface area contributed by atoms with Crippen LogP contribution in [0, 0.1) is 23.2 Å². The Bertz CT molecular complexity index is 946. The van der Waals surface area contributed by atoms with E-state index in [1.54, 1.807) is 24.3 Å². The first-order chi connectivity index (χ1) is 15.1. The zero-order chi connectivity index (χ0) is 22.7. The molecule has 176 valence electrons. The van der Waals surface area contributed by atoms with Crippen LogP contribution in [0.15, 0.2) is 29.2 Å². The molecule has 5 aliphatic rings. The molecule has 1 saturated heterocycles. The molecule has 32 heavy (non-hydrogen) atoms. The third kappa shape index (κ3) is 4.12. The van der Waals surface area contributed by atoms with Gasteiger partial charge in [0.25, 0.3) is 5.91 Å². The summed E-state index contributed by atoms with van der Waals surface area (Å²) in [5.41, 5.74) is 0.718. The van der Waals surface area contributed by atoms with Crippen molar-refractivity contribution in [3.05, 3.63) is 29.8 Å². The van der Waals surface area contributed by atoms with Gasteiger partial charge in [-0.05, 0) is 93.7 Å². The van der Waals surface area contributed by atoms with Crippen molar-refractivity contribution in [2.24, 2.45) is 23.2 Å². The molecule has 0 N–H and O–H groups in total. The van der Waals surface area contributed by atoms with Crippen LogP contribution in [0.1, 0.15) is 62.7 Å². The molecule has 6 rings (SSSR count). The number of rotatable bonds is 5. The van der Waals surface area contributed by atoms with Crippen molar-refractivity contribution in [3.63, 3.8) is 0 Å². The highest BCUT2D eigenvalue weighted by Crippen LogP contribution is 2.60. The lowest BCUT2D eigenvalue weighted by Crippen LogP contribution is -2.51. The molecule has 5 fully saturated rings. The number of hydrogen-bond acceptors (Lipinski definition) is 4. The lowest BCUT2D eigenvalue weighted by molar-refractivity contribution is -0.0629. The molecular formula is C25H36N2O4S. The Balaban J connectivity index is 1.32. The number of sulfonamides is 1. The molecule has 4 bridgehead atoms. The minimum absolute atomic E-state index is 0.0819. The fourth-order valence-electron chi connectivity index (χ4n) is 7.54. The zero-order valence-electron chi connectivity index (χ0n) is 19.5. The van der Waals surface area contributed by atoms with Crippen LogP contribution in [0.25, 0.3) is 0 Å². The van der Waals surface area contributed by atoms with Crippen LogP contribution >= 0.6 is 0 Å². The van der Waals surface area contributed by atoms with Gasteiger partial charge in [0, 0.05) is 32.2 Å². The number of morpholine rings is 1. The van der Waals surface area contributed by atoms with Gasteiger partial charge in [0.1, 0.15) is 0 Å². The molecule has 7 heteroatoms. The Morgan fingerprint density at radius 2 is 1.62 bits per heavy atom. The highest BCUT2D eigenvalue weighted by atomic mass is 32.2. The van der Waals surface area contributed by atoms with Crippen molar-refractivity contribution in [1.82, 2.24) is 9.21 Å². The van der Waals surface area contributed by atoms with Gasteiger partial charge in [-0.15, -0.1) is 0 Å². The molecule has 4 saturated carbocycles. The number of hydrogen-bond donors (Lipinski definition) is 0. The van der Waals surface area contributed by atoms with Crippen molar-refractivity contribution >= 4 is 15.9 Å². The molecule has 6 nitrogen and oxygen atoms in total. The molecule has 1 aromatic rings. The Labute approximate surface area is 192 Å². The highest BCUT2D eigenvalue weighted by molar-refractivity contribution is 7.89. The average molecular weight is 461 g/mol. The van der Waals surface area contributed by atoms with Gasteiger partial charge >= 0.3 is 0 Å². The molecule has 1 aliphatic heterocycles. The van der Waals surface area contributed by atoms with E-state index in [0.29, 0.717) is 18.7 Å². The second-order valence-corrected chi connectivity index (χ2v) is 13.1. The average Bonchev–Trinajstić information content (AvgIpc) is 2.71. The maximum Gasteiger partial charge on any atom is 0.253 e. The van der Waals surface area contributed by atoms with Crippen LogP contribution in [-0.4, -0.2) is 62.4 Å². The Kier molecular flexibility index (Phi) is 5.66. The fourth-order valence-corrected chi connectivity index (χ4v) is 9.18. The van der Waals surface area contributed by atoms with E-state index in [1.165, 1.54) is 42.8 Å². The van der Waals surface area contributed by atoms with Gasteiger partial charge < -0.3 is 9.64 Å². The minimum atomic E-state index is -3.67. The van der Waals surface area contributed by atoms with E-state index in [1.807, 2.05) is 25.8 Å². The van der Waals surface area contributed by atoms with Crippen LogP contribution < -0.4 is 0 Å². The van der Waals surface area contributed by atoms with Crippen LogP contribution in [0.5, 0.6) is 0 Å². The lowest BCUT2D eigenvalue weighted by atomic mass is 9.49. The zero-order valence-corrected chi connectivity index (χ0v) is 20.3. The van der Waals surface area contributed by atoms with Crippen molar-refractivity contribution < 1.29 is 17.9 Å². The number of carbonyl (C=O) groups is 1. The topological polar surface area (TPSA) is 66.9 Å². The molecule has 1 aromatic carbocycles. The summed E-state index contributed by atoms with van der Waals surface area (Å²) in [5, 5.41) is 0. The number of amides is 1. The van der Waals surface area contributed by atoms with E-state index >= 15 is 0 Å².